The van der Waals surface area contributed by atoms with Gasteiger partial charge in [-0.15, -0.1) is 0 Å². The molecule has 1 amide bonds. The monoisotopic (exact) mass is 478 g/mol. The second-order valence-corrected chi connectivity index (χ2v) is 7.75. The Kier molecular flexibility index (Phi) is 6.40. The number of alkyl halides is 5. The third-order valence-electron chi connectivity index (χ3n) is 5.38. The number of nitrogens with zero attached hydrogens (tertiary/aromatic N) is 5. The van der Waals surface area contributed by atoms with E-state index in [1.807, 2.05) is 0 Å². The summed E-state index contributed by atoms with van der Waals surface area (Å²) in [4.78, 5) is 30.8. The molecule has 0 aliphatic carbocycles. The highest BCUT2D eigenvalue weighted by molar-refractivity contribution is 5.98. The van der Waals surface area contributed by atoms with Crippen LogP contribution in [0.3, 0.4) is 0 Å². The van der Waals surface area contributed by atoms with Gasteiger partial charge in [-0.05, 0) is 30.3 Å². The average Bonchev–Trinajstić information content (AvgIpc) is 2.82. The summed E-state index contributed by atoms with van der Waals surface area (Å²) < 4.78 is 66.6. The molecule has 1 saturated heterocycles. The van der Waals surface area contributed by atoms with E-state index in [4.69, 9.17) is 0 Å². The first-order valence-electron chi connectivity index (χ1n) is 10.3. The Bertz CT molecular complexity index is 1140. The number of hydrogen-bond donors (Lipinski definition) is 1. The van der Waals surface area contributed by atoms with Gasteiger partial charge in [-0.3, -0.25) is 9.78 Å². The number of carbonyl (C=O) groups excluding carboxylic acids is 1. The van der Waals surface area contributed by atoms with E-state index in [-0.39, 0.29) is 30.4 Å². The molecule has 0 aromatic carbocycles. The Morgan fingerprint density at radius 1 is 1.06 bits per heavy atom. The van der Waals surface area contributed by atoms with E-state index < -0.39 is 42.5 Å². The number of amides is 1. The fraction of sp³-hybridized carbons (Fsp3) is 0.318. The van der Waals surface area contributed by atoms with Crippen LogP contribution in [0, 0.1) is 0 Å². The minimum absolute atomic E-state index is 0.0246. The van der Waals surface area contributed by atoms with Crippen molar-refractivity contribution in [3.8, 4) is 11.4 Å². The van der Waals surface area contributed by atoms with Crippen molar-refractivity contribution in [2.24, 2.45) is 0 Å². The van der Waals surface area contributed by atoms with E-state index in [0.29, 0.717) is 11.8 Å². The third-order valence-corrected chi connectivity index (χ3v) is 5.38. The van der Waals surface area contributed by atoms with Crippen LogP contribution in [0.1, 0.15) is 28.9 Å². The number of halogens is 5. The fourth-order valence-corrected chi connectivity index (χ4v) is 3.69. The van der Waals surface area contributed by atoms with Crippen molar-refractivity contribution in [1.82, 2.24) is 24.8 Å². The van der Waals surface area contributed by atoms with Gasteiger partial charge in [-0.1, -0.05) is 0 Å². The highest BCUT2D eigenvalue weighted by Crippen LogP contribution is 2.34. The number of aromatic nitrogens is 4. The number of hydrogen-bond acceptors (Lipinski definition) is 6. The molecule has 7 nitrogen and oxygen atoms in total. The highest BCUT2D eigenvalue weighted by atomic mass is 19.4. The lowest BCUT2D eigenvalue weighted by molar-refractivity contribution is -0.137. The van der Waals surface area contributed by atoms with Gasteiger partial charge in [0.25, 0.3) is 11.8 Å². The minimum atomic E-state index is -4.54. The van der Waals surface area contributed by atoms with Crippen molar-refractivity contribution in [3.05, 3.63) is 66.4 Å². The van der Waals surface area contributed by atoms with Gasteiger partial charge in [-0.2, -0.15) is 13.2 Å². The highest BCUT2D eigenvalue weighted by Gasteiger charge is 2.43. The molecule has 12 heteroatoms. The van der Waals surface area contributed by atoms with Gasteiger partial charge in [0, 0.05) is 50.7 Å². The lowest BCUT2D eigenvalue weighted by atomic mass is 9.97. The Morgan fingerprint density at radius 3 is 2.47 bits per heavy atom. The Labute approximate surface area is 191 Å². The number of carbonyl (C=O) groups is 1. The predicted octanol–water partition coefficient (Wildman–Crippen LogP) is 4.30. The first-order valence-corrected chi connectivity index (χ1v) is 10.3. The lowest BCUT2D eigenvalue weighted by Crippen LogP contribution is -2.52. The molecule has 3 aromatic heterocycles. The second kappa shape index (κ2) is 9.27. The van der Waals surface area contributed by atoms with Crippen LogP contribution < -0.4 is 5.32 Å². The van der Waals surface area contributed by atoms with E-state index >= 15 is 0 Å². The van der Waals surface area contributed by atoms with Crippen LogP contribution in [0.25, 0.3) is 11.4 Å². The zero-order valence-corrected chi connectivity index (χ0v) is 17.6. The molecule has 1 fully saturated rings. The van der Waals surface area contributed by atoms with Crippen LogP contribution in [-0.4, -0.2) is 55.8 Å². The zero-order valence-electron chi connectivity index (χ0n) is 17.6. The first-order chi connectivity index (χ1) is 16.1. The van der Waals surface area contributed by atoms with Gasteiger partial charge < -0.3 is 10.2 Å². The summed E-state index contributed by atoms with van der Waals surface area (Å²) in [5, 5.41) is 2.76. The van der Waals surface area contributed by atoms with Crippen LogP contribution in [0.5, 0.6) is 0 Å². The molecule has 1 aliphatic rings. The van der Waals surface area contributed by atoms with E-state index in [0.717, 1.165) is 12.1 Å². The van der Waals surface area contributed by atoms with Crippen LogP contribution in [0.15, 0.2) is 55.1 Å². The van der Waals surface area contributed by atoms with Gasteiger partial charge in [0.15, 0.2) is 5.82 Å². The molecular formula is C22H19F5N6O. The summed E-state index contributed by atoms with van der Waals surface area (Å²) in [7, 11) is 0. The summed E-state index contributed by atoms with van der Waals surface area (Å²) in [5.41, 5.74) is -0.539. The number of anilines is 1. The van der Waals surface area contributed by atoms with Crippen molar-refractivity contribution >= 4 is 11.7 Å². The van der Waals surface area contributed by atoms with Crippen LogP contribution in [0.4, 0.5) is 27.8 Å². The summed E-state index contributed by atoms with van der Waals surface area (Å²) in [6, 6.07) is 5.85. The smallest absolute Gasteiger partial charge is 0.368 e. The van der Waals surface area contributed by atoms with Crippen LogP contribution in [-0.2, 0) is 6.18 Å². The first kappa shape index (κ1) is 23.5. The van der Waals surface area contributed by atoms with Crippen LogP contribution >= 0.6 is 0 Å². The third kappa shape index (κ3) is 5.26. The van der Waals surface area contributed by atoms with Gasteiger partial charge in [0.05, 0.1) is 17.2 Å². The van der Waals surface area contributed by atoms with Crippen molar-refractivity contribution in [2.45, 2.75) is 31.0 Å². The summed E-state index contributed by atoms with van der Waals surface area (Å²) in [5.74, 6) is -3.22. The number of likely N-dealkylation sites (tertiary alicyclic amines) is 1. The molecule has 178 valence electrons. The molecule has 0 unspecified atom stereocenters. The van der Waals surface area contributed by atoms with E-state index in [2.05, 4.69) is 25.3 Å². The van der Waals surface area contributed by atoms with E-state index in [1.165, 1.54) is 23.5 Å². The minimum Gasteiger partial charge on any atom is -0.368 e. The van der Waals surface area contributed by atoms with Crippen LogP contribution in [0.2, 0.25) is 0 Å². The fourth-order valence-electron chi connectivity index (χ4n) is 3.69. The number of piperidine rings is 1. The van der Waals surface area contributed by atoms with E-state index in [1.54, 1.807) is 18.2 Å². The summed E-state index contributed by atoms with van der Waals surface area (Å²) in [6.07, 6.45) is -0.584. The maximum absolute atomic E-state index is 14.2. The quantitative estimate of drug-likeness (QED) is 0.551. The topological polar surface area (TPSA) is 83.9 Å². The summed E-state index contributed by atoms with van der Waals surface area (Å²) in [6.45, 7) is -0.353. The maximum atomic E-state index is 14.2. The lowest BCUT2D eigenvalue weighted by Gasteiger charge is -2.39. The zero-order chi connectivity index (χ0) is 24.3. The Balaban J connectivity index is 1.55. The van der Waals surface area contributed by atoms with Crippen molar-refractivity contribution in [3.63, 3.8) is 0 Å². The molecule has 0 saturated carbocycles. The van der Waals surface area contributed by atoms with Crippen molar-refractivity contribution in [2.75, 3.05) is 18.4 Å². The molecule has 1 atom stereocenters. The molecule has 0 bridgehead atoms. The van der Waals surface area contributed by atoms with Gasteiger partial charge in [-0.25, -0.2) is 23.7 Å². The van der Waals surface area contributed by atoms with Gasteiger partial charge >= 0.3 is 6.18 Å². The molecule has 3 aromatic rings. The molecule has 1 aliphatic heterocycles. The van der Waals surface area contributed by atoms with Crippen molar-refractivity contribution < 1.29 is 26.7 Å². The number of pyridine rings is 2. The maximum Gasteiger partial charge on any atom is 0.417 e. The van der Waals surface area contributed by atoms with Crippen molar-refractivity contribution in [1.29, 1.82) is 0 Å². The normalized spacial score (nSPS) is 17.9. The largest absolute Gasteiger partial charge is 0.417 e. The van der Waals surface area contributed by atoms with Gasteiger partial charge in [0.2, 0.25) is 0 Å². The second-order valence-electron chi connectivity index (χ2n) is 7.75. The SMILES string of the molecule is O=C(c1ncccc1-c1ncccn1)N1CCC(F)(F)C[C@H]1CNc1ccc(C(F)(F)F)cn1. The number of rotatable bonds is 5. The molecular weight excluding hydrogens is 459 g/mol. The molecule has 4 rings (SSSR count). The van der Waals surface area contributed by atoms with Gasteiger partial charge in [0.1, 0.15) is 11.5 Å². The molecule has 0 radical (unpaired) electrons. The standard InChI is InChI=1S/C22H19F5N6O/c23-21(24)6-10-33(15(11-21)13-32-17-5-4-14(12-31-17)22(25,26)27)20(34)18-16(3-1-7-28-18)19-29-8-2-9-30-19/h1-5,7-9,12,15H,6,10-11,13H2,(H,31,32)/t15-/m0/s1. The Morgan fingerprint density at radius 2 is 1.79 bits per heavy atom. The molecule has 34 heavy (non-hydrogen) atoms. The summed E-state index contributed by atoms with van der Waals surface area (Å²) >= 11 is 0. The Hall–Kier alpha value is -3.70. The predicted molar refractivity (Wildman–Crippen MR) is 112 cm³/mol. The molecule has 4 heterocycles. The molecule has 0 spiro atoms. The molecule has 1 N–H and O–H groups in total. The van der Waals surface area contributed by atoms with E-state index in [9.17, 15) is 26.7 Å². The number of nitrogens with one attached hydrogen (secondary N) is 1. The average molecular weight is 478 g/mol.